The third-order valence-corrected chi connectivity index (χ3v) is 5.36. The number of rotatable bonds is 3. The molecular weight excluding hydrogens is 316 g/mol. The molecule has 1 aromatic heterocycles. The largest absolute Gasteiger partial charge is 0.355 e. The molecule has 0 bridgehead atoms. The molecule has 6 heteroatoms. The average Bonchev–Trinajstić information content (AvgIpc) is 2.98. The van der Waals surface area contributed by atoms with Gasteiger partial charge in [-0.25, -0.2) is 0 Å². The number of hydrogen-bond acceptors (Lipinski definition) is 4. The van der Waals surface area contributed by atoms with Crippen LogP contribution >= 0.6 is 0 Å². The monoisotopic (exact) mass is 344 g/mol. The summed E-state index contributed by atoms with van der Waals surface area (Å²) in [5.41, 5.74) is 0.977. The van der Waals surface area contributed by atoms with Crippen molar-refractivity contribution in [2.75, 3.05) is 32.7 Å². The van der Waals surface area contributed by atoms with Crippen LogP contribution in [0.3, 0.4) is 0 Å². The predicted molar refractivity (Wildman–Crippen MR) is 95.5 cm³/mol. The zero-order valence-electron chi connectivity index (χ0n) is 15.4. The topological polar surface area (TPSA) is 65.5 Å². The lowest BCUT2D eigenvalue weighted by Gasteiger charge is -2.37. The first-order valence-electron chi connectivity index (χ1n) is 9.05. The van der Waals surface area contributed by atoms with E-state index in [2.05, 4.69) is 36.0 Å². The van der Waals surface area contributed by atoms with Gasteiger partial charge in [0.15, 0.2) is 0 Å². The summed E-state index contributed by atoms with van der Waals surface area (Å²) in [4.78, 5) is 33.7. The summed E-state index contributed by atoms with van der Waals surface area (Å²) < 4.78 is 0. The van der Waals surface area contributed by atoms with Gasteiger partial charge in [0.1, 0.15) is 5.92 Å². The van der Waals surface area contributed by atoms with Crippen LogP contribution in [0.25, 0.3) is 0 Å². The number of carbonyl (C=O) groups excluding carboxylic acids is 2. The first-order valence-corrected chi connectivity index (χ1v) is 9.05. The minimum absolute atomic E-state index is 0.00703. The SMILES string of the molecule is CC(C)(C)[C@@H]1CNC(=O)[C@H]1C(=O)N1CCN(Cc2ccccn2)CC1. The molecule has 2 saturated heterocycles. The van der Waals surface area contributed by atoms with E-state index in [4.69, 9.17) is 0 Å². The molecule has 0 unspecified atom stereocenters. The van der Waals surface area contributed by atoms with Crippen LogP contribution in [-0.4, -0.2) is 59.3 Å². The number of hydrogen-bond donors (Lipinski definition) is 1. The van der Waals surface area contributed by atoms with Gasteiger partial charge in [-0.15, -0.1) is 0 Å². The van der Waals surface area contributed by atoms with E-state index < -0.39 is 5.92 Å². The molecule has 25 heavy (non-hydrogen) atoms. The van der Waals surface area contributed by atoms with Crippen molar-refractivity contribution in [1.29, 1.82) is 0 Å². The Hall–Kier alpha value is -1.95. The number of nitrogens with one attached hydrogen (secondary N) is 1. The van der Waals surface area contributed by atoms with Crippen LogP contribution in [-0.2, 0) is 16.1 Å². The molecule has 3 heterocycles. The zero-order chi connectivity index (χ0) is 18.0. The summed E-state index contributed by atoms with van der Waals surface area (Å²) >= 11 is 0. The van der Waals surface area contributed by atoms with E-state index in [0.29, 0.717) is 19.6 Å². The molecular formula is C19H28N4O2. The summed E-state index contributed by atoms with van der Waals surface area (Å²) in [6.45, 7) is 10.7. The highest BCUT2D eigenvalue weighted by Crippen LogP contribution is 2.36. The molecule has 2 aliphatic heterocycles. The maximum absolute atomic E-state index is 13.0. The summed E-state index contributed by atoms with van der Waals surface area (Å²) in [6.07, 6.45) is 1.81. The number of nitrogens with zero attached hydrogens (tertiary/aromatic N) is 3. The van der Waals surface area contributed by atoms with Crippen molar-refractivity contribution in [1.82, 2.24) is 20.1 Å². The Labute approximate surface area is 149 Å². The van der Waals surface area contributed by atoms with Crippen LogP contribution in [0, 0.1) is 17.3 Å². The van der Waals surface area contributed by atoms with Crippen molar-refractivity contribution >= 4 is 11.8 Å². The number of aromatic nitrogens is 1. The van der Waals surface area contributed by atoms with E-state index in [0.717, 1.165) is 25.3 Å². The Bertz CT molecular complexity index is 618. The van der Waals surface area contributed by atoms with Gasteiger partial charge in [0.25, 0.3) is 0 Å². The molecule has 1 N–H and O–H groups in total. The molecule has 0 aliphatic carbocycles. The van der Waals surface area contributed by atoms with Crippen molar-refractivity contribution in [2.45, 2.75) is 27.3 Å². The van der Waals surface area contributed by atoms with E-state index >= 15 is 0 Å². The van der Waals surface area contributed by atoms with Gasteiger partial charge >= 0.3 is 0 Å². The molecule has 2 atom stereocenters. The van der Waals surface area contributed by atoms with Gasteiger partial charge in [0, 0.05) is 51.4 Å². The van der Waals surface area contributed by atoms with Crippen molar-refractivity contribution in [3.63, 3.8) is 0 Å². The highest BCUT2D eigenvalue weighted by atomic mass is 16.2. The number of carbonyl (C=O) groups is 2. The predicted octanol–water partition coefficient (Wildman–Crippen LogP) is 1.13. The third kappa shape index (κ3) is 4.00. The van der Waals surface area contributed by atoms with Crippen LogP contribution in [0.15, 0.2) is 24.4 Å². The molecule has 0 spiro atoms. The van der Waals surface area contributed by atoms with E-state index in [1.54, 1.807) is 6.20 Å². The highest BCUT2D eigenvalue weighted by Gasteiger charge is 2.47. The molecule has 3 rings (SSSR count). The fraction of sp³-hybridized carbons (Fsp3) is 0.632. The second-order valence-corrected chi connectivity index (χ2v) is 8.12. The van der Waals surface area contributed by atoms with E-state index in [1.165, 1.54) is 0 Å². The van der Waals surface area contributed by atoms with E-state index in [-0.39, 0.29) is 23.1 Å². The number of amides is 2. The fourth-order valence-electron chi connectivity index (χ4n) is 3.76. The van der Waals surface area contributed by atoms with Gasteiger partial charge < -0.3 is 10.2 Å². The first-order chi connectivity index (χ1) is 11.9. The van der Waals surface area contributed by atoms with Crippen LogP contribution in [0.4, 0.5) is 0 Å². The standard InChI is InChI=1S/C19H28N4O2/c1-19(2,3)15-12-21-17(24)16(15)18(25)23-10-8-22(9-11-23)13-14-6-4-5-7-20-14/h4-7,15-16H,8-13H2,1-3H3,(H,21,24)/t15-,16+/m1/s1. The average molecular weight is 344 g/mol. The van der Waals surface area contributed by atoms with E-state index in [9.17, 15) is 9.59 Å². The van der Waals surface area contributed by atoms with Gasteiger partial charge in [0.2, 0.25) is 11.8 Å². The molecule has 2 fully saturated rings. The Kier molecular flexibility index (Phi) is 5.08. The van der Waals surface area contributed by atoms with Crippen molar-refractivity contribution in [2.24, 2.45) is 17.3 Å². The summed E-state index contributed by atoms with van der Waals surface area (Å²) in [5.74, 6) is -0.602. The Balaban J connectivity index is 1.58. The second-order valence-electron chi connectivity index (χ2n) is 8.12. The Morgan fingerprint density at radius 3 is 2.56 bits per heavy atom. The lowest BCUT2D eigenvalue weighted by molar-refractivity contribution is -0.144. The Morgan fingerprint density at radius 2 is 1.96 bits per heavy atom. The molecule has 1 aromatic rings. The molecule has 2 amide bonds. The van der Waals surface area contributed by atoms with E-state index in [1.807, 2.05) is 23.1 Å². The molecule has 2 aliphatic rings. The smallest absolute Gasteiger partial charge is 0.235 e. The fourth-order valence-corrected chi connectivity index (χ4v) is 3.76. The van der Waals surface area contributed by atoms with Crippen molar-refractivity contribution < 1.29 is 9.59 Å². The lowest BCUT2D eigenvalue weighted by atomic mass is 9.74. The van der Waals surface area contributed by atoms with Crippen LogP contribution in [0.5, 0.6) is 0 Å². The van der Waals surface area contributed by atoms with Crippen LogP contribution in [0.1, 0.15) is 26.5 Å². The molecule has 6 nitrogen and oxygen atoms in total. The maximum Gasteiger partial charge on any atom is 0.235 e. The summed E-state index contributed by atoms with van der Waals surface area (Å²) in [6, 6.07) is 5.93. The minimum atomic E-state index is -0.539. The molecule has 0 aromatic carbocycles. The molecule has 0 saturated carbocycles. The lowest BCUT2D eigenvalue weighted by Crippen LogP contribution is -2.52. The minimum Gasteiger partial charge on any atom is -0.355 e. The van der Waals surface area contributed by atoms with Crippen LogP contribution < -0.4 is 5.32 Å². The molecule has 136 valence electrons. The maximum atomic E-state index is 13.0. The summed E-state index contributed by atoms with van der Waals surface area (Å²) in [5, 5.41) is 2.88. The van der Waals surface area contributed by atoms with Crippen molar-refractivity contribution in [3.05, 3.63) is 30.1 Å². The van der Waals surface area contributed by atoms with Gasteiger partial charge in [-0.1, -0.05) is 26.8 Å². The van der Waals surface area contributed by atoms with Gasteiger partial charge in [-0.05, 0) is 17.5 Å². The summed E-state index contributed by atoms with van der Waals surface area (Å²) in [7, 11) is 0. The second kappa shape index (κ2) is 7.12. The first kappa shape index (κ1) is 17.9. The van der Waals surface area contributed by atoms with Gasteiger partial charge in [0.05, 0.1) is 5.69 Å². The number of piperazine rings is 1. The van der Waals surface area contributed by atoms with Gasteiger partial charge in [-0.2, -0.15) is 0 Å². The quantitative estimate of drug-likeness (QED) is 0.835. The highest BCUT2D eigenvalue weighted by molar-refractivity contribution is 6.02. The zero-order valence-corrected chi connectivity index (χ0v) is 15.4. The third-order valence-electron chi connectivity index (χ3n) is 5.36. The van der Waals surface area contributed by atoms with Crippen molar-refractivity contribution in [3.8, 4) is 0 Å². The van der Waals surface area contributed by atoms with Gasteiger partial charge in [-0.3, -0.25) is 19.5 Å². The number of pyridine rings is 1. The van der Waals surface area contributed by atoms with Crippen LogP contribution in [0.2, 0.25) is 0 Å². The molecule has 0 radical (unpaired) electrons. The normalized spacial score (nSPS) is 25.1. The Morgan fingerprint density at radius 1 is 1.24 bits per heavy atom.